The molecule has 0 aromatic heterocycles. The van der Waals surface area contributed by atoms with Gasteiger partial charge in [-0.2, -0.15) is 5.10 Å². The van der Waals surface area contributed by atoms with Crippen LogP contribution in [0, 0.1) is 0 Å². The minimum Gasteiger partial charge on any atom is -0.495 e. The molecule has 6 heteroatoms. The molecule has 1 saturated carbocycles. The molecule has 0 atom stereocenters. The third-order valence-corrected chi connectivity index (χ3v) is 4.81. The lowest BCUT2D eigenvalue weighted by molar-refractivity contribution is -0.136. The molecule has 1 aliphatic rings. The zero-order chi connectivity index (χ0) is 19.3. The quantitative estimate of drug-likeness (QED) is 0.608. The normalized spacial score (nSPS) is 16.4. The summed E-state index contributed by atoms with van der Waals surface area (Å²) in [5.74, 6) is -1.01. The smallest absolute Gasteiger partial charge is 0.329 e. The summed E-state index contributed by atoms with van der Waals surface area (Å²) in [6.45, 7) is 0. The number of carbonyl (C=O) groups is 2. The van der Waals surface area contributed by atoms with Crippen LogP contribution in [0.5, 0.6) is 5.75 Å². The first-order chi connectivity index (χ1) is 13.2. The van der Waals surface area contributed by atoms with Gasteiger partial charge in [0, 0.05) is 5.71 Å². The molecular formula is C21H31N3O3. The zero-order valence-corrected chi connectivity index (χ0v) is 16.3. The van der Waals surface area contributed by atoms with Crippen molar-refractivity contribution in [1.82, 2.24) is 5.43 Å². The van der Waals surface area contributed by atoms with Crippen LogP contribution in [0.3, 0.4) is 0 Å². The Hall–Kier alpha value is -2.37. The van der Waals surface area contributed by atoms with Gasteiger partial charge in [-0.25, -0.2) is 5.43 Å². The highest BCUT2D eigenvalue weighted by Crippen LogP contribution is 2.22. The van der Waals surface area contributed by atoms with E-state index in [2.05, 4.69) is 15.8 Å². The fourth-order valence-corrected chi connectivity index (χ4v) is 3.24. The van der Waals surface area contributed by atoms with Gasteiger partial charge in [0.1, 0.15) is 5.75 Å². The number of amides is 2. The van der Waals surface area contributed by atoms with Gasteiger partial charge in [0.15, 0.2) is 0 Å². The number of para-hydroxylation sites is 2. The number of nitrogens with one attached hydrogen (secondary N) is 2. The van der Waals surface area contributed by atoms with E-state index in [-0.39, 0.29) is 0 Å². The van der Waals surface area contributed by atoms with E-state index in [1.807, 2.05) is 0 Å². The molecule has 0 radical (unpaired) electrons. The van der Waals surface area contributed by atoms with E-state index in [1.165, 1.54) is 52.1 Å². The van der Waals surface area contributed by atoms with E-state index >= 15 is 0 Å². The molecule has 1 fully saturated rings. The third kappa shape index (κ3) is 7.81. The molecule has 27 heavy (non-hydrogen) atoms. The van der Waals surface area contributed by atoms with Gasteiger partial charge in [-0.15, -0.1) is 0 Å². The van der Waals surface area contributed by atoms with Crippen LogP contribution in [-0.4, -0.2) is 24.6 Å². The Morgan fingerprint density at radius 3 is 2.00 bits per heavy atom. The Balaban J connectivity index is 1.88. The predicted octanol–water partition coefficient (Wildman–Crippen LogP) is 4.41. The number of hydrogen-bond donors (Lipinski definition) is 2. The van der Waals surface area contributed by atoms with Gasteiger partial charge in [0.05, 0.1) is 12.8 Å². The number of hydrogen-bond acceptors (Lipinski definition) is 4. The van der Waals surface area contributed by atoms with E-state index in [0.29, 0.717) is 11.4 Å². The molecule has 0 heterocycles. The first-order valence-corrected chi connectivity index (χ1v) is 10.0. The molecule has 6 nitrogen and oxygen atoms in total. The van der Waals surface area contributed by atoms with Crippen LogP contribution < -0.4 is 15.5 Å². The highest BCUT2D eigenvalue weighted by atomic mass is 16.5. The van der Waals surface area contributed by atoms with E-state index in [0.717, 1.165) is 31.4 Å². The Morgan fingerprint density at radius 1 is 0.852 bits per heavy atom. The lowest BCUT2D eigenvalue weighted by Gasteiger charge is -2.10. The number of ether oxygens (including phenoxy) is 1. The van der Waals surface area contributed by atoms with E-state index in [9.17, 15) is 9.59 Å². The minimum absolute atomic E-state index is 0.457. The summed E-state index contributed by atoms with van der Waals surface area (Å²) in [4.78, 5) is 24.2. The number of rotatable bonds is 3. The first kappa shape index (κ1) is 20.9. The summed E-state index contributed by atoms with van der Waals surface area (Å²) >= 11 is 0. The molecule has 0 bridgehead atoms. The molecule has 0 saturated heterocycles. The highest BCUT2D eigenvalue weighted by Gasteiger charge is 2.15. The van der Waals surface area contributed by atoms with Crippen LogP contribution in [0.2, 0.25) is 0 Å². The lowest BCUT2D eigenvalue weighted by atomic mass is 10.00. The molecule has 2 N–H and O–H groups in total. The van der Waals surface area contributed by atoms with Crippen molar-refractivity contribution in [2.45, 2.75) is 70.6 Å². The number of anilines is 1. The largest absolute Gasteiger partial charge is 0.495 e. The van der Waals surface area contributed by atoms with Gasteiger partial charge >= 0.3 is 11.8 Å². The Bertz CT molecular complexity index is 629. The lowest BCUT2D eigenvalue weighted by Crippen LogP contribution is -2.33. The van der Waals surface area contributed by atoms with Crippen LogP contribution in [0.1, 0.15) is 70.6 Å². The topological polar surface area (TPSA) is 79.8 Å². The van der Waals surface area contributed by atoms with Crippen molar-refractivity contribution < 1.29 is 14.3 Å². The third-order valence-electron chi connectivity index (χ3n) is 4.81. The fourth-order valence-electron chi connectivity index (χ4n) is 3.24. The van der Waals surface area contributed by atoms with Crippen LogP contribution in [0.4, 0.5) is 5.69 Å². The highest BCUT2D eigenvalue weighted by molar-refractivity contribution is 6.39. The standard InChI is InChI=1S/C21H31N3O3/c1-27-19-16-12-11-15-18(19)22-20(25)21(26)24-23-17-13-9-7-5-3-2-4-6-8-10-14-17/h11-12,15-16H,2-10,13-14H2,1H3,(H,22,25)(H,24,26). The average Bonchev–Trinajstić information content (AvgIpc) is 2.67. The molecule has 0 unspecified atom stereocenters. The van der Waals surface area contributed by atoms with Crippen LogP contribution in [0.15, 0.2) is 29.4 Å². The van der Waals surface area contributed by atoms with Gasteiger partial charge in [0.2, 0.25) is 0 Å². The monoisotopic (exact) mass is 373 g/mol. The van der Waals surface area contributed by atoms with E-state index in [1.54, 1.807) is 24.3 Å². The molecule has 2 amide bonds. The summed E-state index contributed by atoms with van der Waals surface area (Å²) in [7, 11) is 1.51. The number of benzene rings is 1. The molecule has 1 aromatic rings. The number of methoxy groups -OCH3 is 1. The molecule has 0 spiro atoms. The van der Waals surface area contributed by atoms with Crippen molar-refractivity contribution in [2.75, 3.05) is 12.4 Å². The number of nitrogens with zero attached hydrogens (tertiary/aromatic N) is 1. The van der Waals surface area contributed by atoms with Crippen molar-refractivity contribution in [3.05, 3.63) is 24.3 Å². The van der Waals surface area contributed by atoms with Gasteiger partial charge < -0.3 is 10.1 Å². The van der Waals surface area contributed by atoms with E-state index in [4.69, 9.17) is 4.74 Å². The van der Waals surface area contributed by atoms with Gasteiger partial charge in [-0.3, -0.25) is 9.59 Å². The van der Waals surface area contributed by atoms with Gasteiger partial charge in [-0.1, -0.05) is 57.1 Å². The molecule has 148 valence electrons. The van der Waals surface area contributed by atoms with Crippen molar-refractivity contribution in [3.8, 4) is 5.75 Å². The SMILES string of the molecule is COc1ccccc1NC(=O)C(=O)NN=C1CCCCCCCCCCC1. The van der Waals surface area contributed by atoms with Crippen molar-refractivity contribution in [3.63, 3.8) is 0 Å². The number of hydrazone groups is 1. The van der Waals surface area contributed by atoms with Gasteiger partial charge in [0.25, 0.3) is 0 Å². The number of carbonyl (C=O) groups excluding carboxylic acids is 2. The molecule has 1 aliphatic carbocycles. The summed E-state index contributed by atoms with van der Waals surface area (Å²) in [6, 6.07) is 6.96. The second kappa shape index (κ2) is 12.1. The summed E-state index contributed by atoms with van der Waals surface area (Å²) in [5, 5.41) is 6.80. The fraction of sp³-hybridized carbons (Fsp3) is 0.571. The zero-order valence-electron chi connectivity index (χ0n) is 16.3. The van der Waals surface area contributed by atoms with Crippen molar-refractivity contribution in [2.24, 2.45) is 5.10 Å². The molecule has 1 aromatic carbocycles. The average molecular weight is 373 g/mol. The Morgan fingerprint density at radius 2 is 1.41 bits per heavy atom. The maximum absolute atomic E-state index is 12.1. The molecule has 2 rings (SSSR count). The van der Waals surface area contributed by atoms with Crippen molar-refractivity contribution in [1.29, 1.82) is 0 Å². The van der Waals surface area contributed by atoms with Crippen LogP contribution in [0.25, 0.3) is 0 Å². The Kier molecular flexibility index (Phi) is 9.38. The Labute approximate surface area is 161 Å². The first-order valence-electron chi connectivity index (χ1n) is 10.0. The minimum atomic E-state index is -0.764. The van der Waals surface area contributed by atoms with Crippen LogP contribution in [-0.2, 0) is 9.59 Å². The maximum atomic E-state index is 12.1. The predicted molar refractivity (Wildman–Crippen MR) is 108 cm³/mol. The molecule has 0 aliphatic heterocycles. The van der Waals surface area contributed by atoms with E-state index < -0.39 is 11.8 Å². The van der Waals surface area contributed by atoms with Crippen molar-refractivity contribution >= 4 is 23.2 Å². The maximum Gasteiger partial charge on any atom is 0.329 e. The summed E-state index contributed by atoms with van der Waals surface area (Å²) in [6.07, 6.45) is 12.8. The van der Waals surface area contributed by atoms with Gasteiger partial charge in [-0.05, 0) is 37.8 Å². The van der Waals surface area contributed by atoms with Crippen LogP contribution >= 0.6 is 0 Å². The second-order valence-corrected chi connectivity index (χ2v) is 6.96. The summed E-state index contributed by atoms with van der Waals surface area (Å²) in [5.41, 5.74) is 3.86. The second-order valence-electron chi connectivity index (χ2n) is 6.96. The molecular weight excluding hydrogens is 342 g/mol. The summed E-state index contributed by atoms with van der Waals surface area (Å²) < 4.78 is 5.17.